The molecule has 0 amide bonds. The summed E-state index contributed by atoms with van der Waals surface area (Å²) in [7, 11) is 3.35. The maximum Gasteiger partial charge on any atom is 0.124 e. The second-order valence-electron chi connectivity index (χ2n) is 6.74. The van der Waals surface area contributed by atoms with Crippen LogP contribution in [0.15, 0.2) is 60.7 Å². The molecular formula is C22H20Cl2O2Zr. The number of fused-ring (bicyclic) bond motifs is 2. The third-order valence-electron chi connectivity index (χ3n) is 5.29. The van der Waals surface area contributed by atoms with Crippen molar-refractivity contribution >= 4 is 34.7 Å². The van der Waals surface area contributed by atoms with Crippen molar-refractivity contribution in [1.82, 2.24) is 0 Å². The quantitative estimate of drug-likeness (QED) is 0.489. The molecule has 2 unspecified atom stereocenters. The monoisotopic (exact) mass is 476 g/mol. The second kappa shape index (κ2) is 7.78. The minimum Gasteiger partial charge on any atom is -0.496 e. The molecule has 0 N–H and O–H groups in total. The van der Waals surface area contributed by atoms with Gasteiger partial charge in [0.15, 0.2) is 0 Å². The zero-order chi connectivity index (χ0) is 18.4. The first-order valence-corrected chi connectivity index (χ1v) is 9.38. The van der Waals surface area contributed by atoms with Crippen LogP contribution in [0.1, 0.15) is 35.1 Å². The maximum atomic E-state index is 7.05. The van der Waals surface area contributed by atoms with Gasteiger partial charge in [0, 0.05) is 37.3 Å². The van der Waals surface area contributed by atoms with Crippen LogP contribution in [-0.4, -0.2) is 14.2 Å². The van der Waals surface area contributed by atoms with Gasteiger partial charge in [-0.1, -0.05) is 48.5 Å². The van der Waals surface area contributed by atoms with Crippen LogP contribution < -0.4 is 0 Å². The first kappa shape index (κ1) is 20.7. The fraction of sp³-hybridized carbons (Fsp3) is 0.273. The van der Waals surface area contributed by atoms with Crippen LogP contribution in [0.25, 0.3) is 11.5 Å². The fourth-order valence-corrected chi connectivity index (χ4v) is 4.68. The number of hydrogen-bond donors (Lipinski definition) is 0. The standard InChI is InChI=1S/C22H20Cl2O2.Zr/c1-25-19-13-21(23,17-9-5-3-7-15(17)19)11-12-22(24)14-20(26-2)16-8-4-6-10-18(16)22;/h3-10,13-14H,11-12H2,1-2H3;. The molecule has 2 aromatic carbocycles. The van der Waals surface area contributed by atoms with E-state index in [0.717, 1.165) is 33.8 Å². The molecule has 138 valence electrons. The molecular weight excluding hydrogens is 458 g/mol. The van der Waals surface area contributed by atoms with Crippen molar-refractivity contribution in [3.63, 3.8) is 0 Å². The van der Waals surface area contributed by atoms with Crippen molar-refractivity contribution in [1.29, 1.82) is 0 Å². The Morgan fingerprint density at radius 3 is 1.44 bits per heavy atom. The van der Waals surface area contributed by atoms with Crippen LogP contribution in [0.5, 0.6) is 0 Å². The molecule has 2 aliphatic rings. The normalized spacial score (nSPS) is 25.0. The molecule has 0 heterocycles. The van der Waals surface area contributed by atoms with E-state index in [1.54, 1.807) is 14.2 Å². The molecule has 0 aliphatic heterocycles. The van der Waals surface area contributed by atoms with Crippen LogP contribution in [0.3, 0.4) is 0 Å². The van der Waals surface area contributed by atoms with Crippen molar-refractivity contribution in [2.75, 3.05) is 14.2 Å². The number of ether oxygens (including phenoxy) is 2. The van der Waals surface area contributed by atoms with E-state index in [1.807, 2.05) is 48.6 Å². The minimum atomic E-state index is -0.623. The third kappa shape index (κ3) is 3.43. The van der Waals surface area contributed by atoms with E-state index in [0.29, 0.717) is 12.8 Å². The van der Waals surface area contributed by atoms with Gasteiger partial charge >= 0.3 is 0 Å². The largest absolute Gasteiger partial charge is 0.496 e. The Kier molecular flexibility index (Phi) is 5.97. The number of allylic oxidation sites excluding steroid dienone is 2. The number of halogens is 2. The van der Waals surface area contributed by atoms with E-state index in [9.17, 15) is 0 Å². The van der Waals surface area contributed by atoms with Gasteiger partial charge in [0.25, 0.3) is 0 Å². The Hall–Kier alpha value is -1.02. The van der Waals surface area contributed by atoms with Gasteiger partial charge in [-0.2, -0.15) is 0 Å². The molecule has 2 nitrogen and oxygen atoms in total. The van der Waals surface area contributed by atoms with Crippen LogP contribution in [0.2, 0.25) is 0 Å². The number of benzene rings is 2. The van der Waals surface area contributed by atoms with Gasteiger partial charge in [-0.05, 0) is 36.1 Å². The topological polar surface area (TPSA) is 18.5 Å². The molecule has 0 spiro atoms. The molecule has 0 saturated carbocycles. The van der Waals surface area contributed by atoms with E-state index in [-0.39, 0.29) is 26.2 Å². The van der Waals surface area contributed by atoms with E-state index in [2.05, 4.69) is 12.1 Å². The Labute approximate surface area is 189 Å². The summed E-state index contributed by atoms with van der Waals surface area (Å²) in [6.07, 6.45) is 5.37. The molecule has 0 saturated heterocycles. The average Bonchev–Trinajstić information content (AvgIpc) is 3.14. The zero-order valence-corrected chi connectivity index (χ0v) is 19.2. The molecule has 2 aliphatic carbocycles. The maximum absolute atomic E-state index is 7.05. The summed E-state index contributed by atoms with van der Waals surface area (Å²) in [6, 6.07) is 16.2. The Bertz CT molecular complexity index is 849. The van der Waals surface area contributed by atoms with Gasteiger partial charge in [-0.25, -0.2) is 0 Å². The molecule has 0 fully saturated rings. The first-order valence-electron chi connectivity index (χ1n) is 8.62. The van der Waals surface area contributed by atoms with Gasteiger partial charge in [-0.15, -0.1) is 23.2 Å². The second-order valence-corrected chi connectivity index (χ2v) is 8.09. The van der Waals surface area contributed by atoms with E-state index in [4.69, 9.17) is 32.7 Å². The number of hydrogen-bond acceptors (Lipinski definition) is 2. The van der Waals surface area contributed by atoms with Crippen LogP contribution in [0.4, 0.5) is 0 Å². The van der Waals surface area contributed by atoms with Crippen molar-refractivity contribution in [2.24, 2.45) is 0 Å². The van der Waals surface area contributed by atoms with Gasteiger partial charge in [0.1, 0.15) is 11.5 Å². The number of methoxy groups -OCH3 is 2. The molecule has 0 radical (unpaired) electrons. The molecule has 5 heteroatoms. The molecule has 2 atom stereocenters. The summed E-state index contributed by atoms with van der Waals surface area (Å²) in [5.41, 5.74) is 4.24. The summed E-state index contributed by atoms with van der Waals surface area (Å²) in [5, 5.41) is 0. The minimum absolute atomic E-state index is 0. The van der Waals surface area contributed by atoms with Crippen molar-refractivity contribution in [3.05, 3.63) is 82.9 Å². The predicted octanol–water partition coefficient (Wildman–Crippen LogP) is 6.03. The molecule has 0 bridgehead atoms. The van der Waals surface area contributed by atoms with Gasteiger partial charge in [-0.3, -0.25) is 0 Å². The third-order valence-corrected chi connectivity index (χ3v) is 6.30. The molecule has 27 heavy (non-hydrogen) atoms. The summed E-state index contributed by atoms with van der Waals surface area (Å²) in [5.74, 6) is 1.64. The van der Waals surface area contributed by atoms with E-state index >= 15 is 0 Å². The van der Waals surface area contributed by atoms with E-state index in [1.165, 1.54) is 0 Å². The summed E-state index contributed by atoms with van der Waals surface area (Å²) < 4.78 is 11.1. The Morgan fingerprint density at radius 1 is 0.704 bits per heavy atom. The summed E-state index contributed by atoms with van der Waals surface area (Å²) in [6.45, 7) is 0. The average molecular weight is 479 g/mol. The number of alkyl halides is 2. The van der Waals surface area contributed by atoms with Crippen molar-refractivity contribution in [2.45, 2.75) is 22.6 Å². The van der Waals surface area contributed by atoms with Gasteiger partial charge < -0.3 is 9.47 Å². The smallest absolute Gasteiger partial charge is 0.124 e. The first-order chi connectivity index (χ1) is 12.5. The van der Waals surface area contributed by atoms with Crippen LogP contribution in [0, 0.1) is 0 Å². The Morgan fingerprint density at radius 2 is 1.07 bits per heavy atom. The number of rotatable bonds is 5. The van der Waals surface area contributed by atoms with E-state index < -0.39 is 9.75 Å². The predicted molar refractivity (Wildman–Crippen MR) is 107 cm³/mol. The van der Waals surface area contributed by atoms with Gasteiger partial charge in [0.05, 0.1) is 24.0 Å². The van der Waals surface area contributed by atoms with Gasteiger partial charge in [0.2, 0.25) is 0 Å². The molecule has 0 aromatic heterocycles. The summed E-state index contributed by atoms with van der Waals surface area (Å²) in [4.78, 5) is -1.25. The SMILES string of the molecule is COC1=CC(Cl)(CCC2(Cl)C=C(OC)c3ccccc32)c2ccccc21.[Zr]. The summed E-state index contributed by atoms with van der Waals surface area (Å²) >= 11 is 14.1. The zero-order valence-electron chi connectivity index (χ0n) is 15.3. The Balaban J connectivity index is 0.00000210. The van der Waals surface area contributed by atoms with Crippen LogP contribution in [-0.2, 0) is 45.4 Å². The fourth-order valence-electron chi connectivity index (χ4n) is 3.96. The molecule has 4 rings (SSSR count). The van der Waals surface area contributed by atoms with Crippen molar-refractivity contribution in [3.8, 4) is 0 Å². The van der Waals surface area contributed by atoms with Crippen LogP contribution >= 0.6 is 23.2 Å². The molecule has 2 aromatic rings. The van der Waals surface area contributed by atoms with Crippen molar-refractivity contribution < 1.29 is 35.7 Å².